The highest BCUT2D eigenvalue weighted by Crippen LogP contribution is 2.25. The maximum Gasteiger partial charge on any atom is 0.308 e. The molecule has 0 bridgehead atoms. The minimum Gasteiger partial charge on any atom is -0.460 e. The van der Waals surface area contributed by atoms with E-state index in [1.165, 1.54) is 18.2 Å². The second-order valence-corrected chi connectivity index (χ2v) is 10.1. The summed E-state index contributed by atoms with van der Waals surface area (Å²) >= 11 is 6.03. The van der Waals surface area contributed by atoms with Crippen molar-refractivity contribution in [2.45, 2.75) is 43.7 Å². The Morgan fingerprint density at radius 3 is 2.50 bits per heavy atom. The maximum absolute atomic E-state index is 12.7. The van der Waals surface area contributed by atoms with E-state index in [9.17, 15) is 23.3 Å². The molecular weight excluding hydrogens is 460 g/mol. The van der Waals surface area contributed by atoms with E-state index in [1.807, 2.05) is 0 Å². The van der Waals surface area contributed by atoms with E-state index in [2.05, 4.69) is 10.0 Å². The average Bonchev–Trinajstić information content (AvgIpc) is 2.67. The summed E-state index contributed by atoms with van der Waals surface area (Å²) < 4.78 is 33.1. The predicted octanol–water partition coefficient (Wildman–Crippen LogP) is 3.32. The molecule has 0 radical (unpaired) electrons. The standard InChI is InChI=1S/C20H25ClN4O6S/c1-20(2,3)31-19(26)11-14(24-13-8-9-16(22)15(21)10-13)12-23-32(29,30)18-7-5-4-6-17(18)25(27)28/h4-10,14,23-24H,11-12,22H2,1-3H3/t14-/m0/s1. The van der Waals surface area contributed by atoms with Crippen molar-refractivity contribution in [3.63, 3.8) is 0 Å². The number of ether oxygens (including phenoxy) is 1. The van der Waals surface area contributed by atoms with Crippen LogP contribution in [0.25, 0.3) is 0 Å². The van der Waals surface area contributed by atoms with Crippen LogP contribution in [0.3, 0.4) is 0 Å². The molecule has 12 heteroatoms. The first-order valence-corrected chi connectivity index (χ1v) is 11.4. The molecule has 2 aromatic rings. The van der Waals surface area contributed by atoms with Crippen molar-refractivity contribution < 1.29 is 22.9 Å². The van der Waals surface area contributed by atoms with Crippen LogP contribution in [0.5, 0.6) is 0 Å². The number of carbonyl (C=O) groups excluding carboxylic acids is 1. The summed E-state index contributed by atoms with van der Waals surface area (Å²) in [5.74, 6) is -0.554. The number of esters is 1. The summed E-state index contributed by atoms with van der Waals surface area (Å²) in [5, 5.41) is 14.5. The van der Waals surface area contributed by atoms with Crippen LogP contribution in [0.1, 0.15) is 27.2 Å². The lowest BCUT2D eigenvalue weighted by molar-refractivity contribution is -0.387. The van der Waals surface area contributed by atoms with Gasteiger partial charge in [-0.15, -0.1) is 0 Å². The zero-order valence-corrected chi connectivity index (χ0v) is 19.4. The molecule has 0 saturated carbocycles. The first-order chi connectivity index (χ1) is 14.8. The van der Waals surface area contributed by atoms with Crippen molar-refractivity contribution in [2.75, 3.05) is 17.6 Å². The maximum atomic E-state index is 12.7. The molecule has 32 heavy (non-hydrogen) atoms. The van der Waals surface area contributed by atoms with E-state index < -0.39 is 43.1 Å². The summed E-state index contributed by atoms with van der Waals surface area (Å²) in [7, 11) is -4.24. The van der Waals surface area contributed by atoms with Gasteiger partial charge in [-0.05, 0) is 45.0 Å². The Morgan fingerprint density at radius 1 is 1.25 bits per heavy atom. The van der Waals surface area contributed by atoms with Gasteiger partial charge in [-0.3, -0.25) is 14.9 Å². The Hall–Kier alpha value is -2.89. The monoisotopic (exact) mass is 484 g/mol. The van der Waals surface area contributed by atoms with Crippen molar-refractivity contribution >= 4 is 44.7 Å². The van der Waals surface area contributed by atoms with Crippen LogP contribution < -0.4 is 15.8 Å². The molecule has 1 atom stereocenters. The second-order valence-electron chi connectivity index (χ2n) is 7.94. The van der Waals surface area contributed by atoms with Crippen molar-refractivity contribution in [1.82, 2.24) is 4.72 Å². The average molecular weight is 485 g/mol. The van der Waals surface area contributed by atoms with Gasteiger partial charge >= 0.3 is 5.97 Å². The number of nitro benzene ring substituents is 1. The number of rotatable bonds is 9. The van der Waals surface area contributed by atoms with Gasteiger partial charge in [0.1, 0.15) is 5.60 Å². The van der Waals surface area contributed by atoms with Crippen LogP contribution in [0.2, 0.25) is 5.02 Å². The van der Waals surface area contributed by atoms with Crippen LogP contribution in [0.4, 0.5) is 17.1 Å². The molecule has 10 nitrogen and oxygen atoms in total. The molecule has 0 unspecified atom stereocenters. The first-order valence-electron chi connectivity index (χ1n) is 9.55. The molecule has 4 N–H and O–H groups in total. The third-order valence-corrected chi connectivity index (χ3v) is 5.87. The summed E-state index contributed by atoms with van der Waals surface area (Å²) in [6, 6.07) is 8.96. The molecule has 0 spiro atoms. The molecule has 0 amide bonds. The number of hydrogen-bond donors (Lipinski definition) is 3. The van der Waals surface area contributed by atoms with Crippen LogP contribution in [0.15, 0.2) is 47.4 Å². The van der Waals surface area contributed by atoms with E-state index in [-0.39, 0.29) is 18.0 Å². The van der Waals surface area contributed by atoms with Gasteiger partial charge in [-0.2, -0.15) is 0 Å². The predicted molar refractivity (Wildman–Crippen MR) is 122 cm³/mol. The minimum absolute atomic E-state index is 0.182. The molecule has 0 aliphatic carbocycles. The number of carbonyl (C=O) groups is 1. The van der Waals surface area contributed by atoms with E-state index in [0.29, 0.717) is 11.4 Å². The number of sulfonamides is 1. The molecule has 174 valence electrons. The van der Waals surface area contributed by atoms with E-state index in [4.69, 9.17) is 22.1 Å². The number of anilines is 2. The minimum atomic E-state index is -4.24. The van der Waals surface area contributed by atoms with Gasteiger partial charge in [0.15, 0.2) is 4.90 Å². The number of benzene rings is 2. The Morgan fingerprint density at radius 2 is 1.91 bits per heavy atom. The quantitative estimate of drug-likeness (QED) is 0.212. The third kappa shape index (κ3) is 7.36. The van der Waals surface area contributed by atoms with Crippen molar-refractivity contribution in [1.29, 1.82) is 0 Å². The lowest BCUT2D eigenvalue weighted by atomic mass is 10.1. The number of halogens is 1. The molecule has 2 rings (SSSR count). The van der Waals surface area contributed by atoms with Gasteiger partial charge in [-0.1, -0.05) is 23.7 Å². The number of nitrogens with one attached hydrogen (secondary N) is 2. The molecule has 0 saturated heterocycles. The SMILES string of the molecule is CC(C)(C)OC(=O)C[C@@H](CNS(=O)(=O)c1ccccc1[N+](=O)[O-])Nc1ccc(N)c(Cl)c1. The summed E-state index contributed by atoms with van der Waals surface area (Å²) in [6.07, 6.45) is -0.182. The molecule has 0 aliphatic rings. The highest BCUT2D eigenvalue weighted by molar-refractivity contribution is 7.89. The Balaban J connectivity index is 2.24. The van der Waals surface area contributed by atoms with E-state index in [0.717, 1.165) is 12.1 Å². The highest BCUT2D eigenvalue weighted by atomic mass is 35.5. The van der Waals surface area contributed by atoms with E-state index >= 15 is 0 Å². The summed E-state index contributed by atoms with van der Waals surface area (Å²) in [4.78, 5) is 22.3. The largest absolute Gasteiger partial charge is 0.460 e. The second kappa shape index (κ2) is 10.2. The van der Waals surface area contributed by atoms with Crippen molar-refractivity contribution in [3.05, 3.63) is 57.6 Å². The lowest BCUT2D eigenvalue weighted by Crippen LogP contribution is -2.39. The van der Waals surface area contributed by atoms with Crippen molar-refractivity contribution in [3.8, 4) is 0 Å². The normalized spacial score (nSPS) is 12.8. The zero-order chi connectivity index (χ0) is 24.1. The summed E-state index contributed by atoms with van der Waals surface area (Å²) in [5.41, 5.74) is 5.29. The van der Waals surface area contributed by atoms with Crippen molar-refractivity contribution in [2.24, 2.45) is 0 Å². The fourth-order valence-electron chi connectivity index (χ4n) is 2.73. The Kier molecular flexibility index (Phi) is 8.05. The first kappa shape index (κ1) is 25.4. The lowest BCUT2D eigenvalue weighted by Gasteiger charge is -2.24. The Bertz CT molecular complexity index is 1100. The number of nitrogens with zero attached hydrogens (tertiary/aromatic N) is 1. The smallest absolute Gasteiger partial charge is 0.308 e. The number of nitrogen functional groups attached to an aromatic ring is 1. The number of para-hydroxylation sites is 1. The molecule has 0 aliphatic heterocycles. The fraction of sp³-hybridized carbons (Fsp3) is 0.350. The number of nitrogens with two attached hydrogens (primary N) is 1. The van der Waals surface area contributed by atoms with E-state index in [1.54, 1.807) is 32.9 Å². The van der Waals surface area contributed by atoms with Gasteiger partial charge in [0.2, 0.25) is 10.0 Å². The molecule has 2 aromatic carbocycles. The van der Waals surface area contributed by atoms with Gasteiger partial charge in [0.05, 0.1) is 28.1 Å². The molecule has 0 heterocycles. The molecular formula is C20H25ClN4O6S. The van der Waals surface area contributed by atoms with Gasteiger partial charge in [-0.25, -0.2) is 13.1 Å². The third-order valence-electron chi connectivity index (χ3n) is 4.08. The van der Waals surface area contributed by atoms with Gasteiger partial charge < -0.3 is 15.8 Å². The van der Waals surface area contributed by atoms with Gasteiger partial charge in [0, 0.05) is 18.3 Å². The van der Waals surface area contributed by atoms with Gasteiger partial charge in [0.25, 0.3) is 5.69 Å². The summed E-state index contributed by atoms with van der Waals surface area (Å²) in [6.45, 7) is 4.88. The molecule has 0 aromatic heterocycles. The van der Waals surface area contributed by atoms with Crippen LogP contribution >= 0.6 is 11.6 Å². The number of hydrogen-bond acceptors (Lipinski definition) is 8. The number of nitro groups is 1. The zero-order valence-electron chi connectivity index (χ0n) is 17.8. The molecule has 0 fully saturated rings. The fourth-order valence-corrected chi connectivity index (χ4v) is 4.17. The van der Waals surface area contributed by atoms with Crippen LogP contribution in [-0.4, -0.2) is 37.5 Å². The Labute approximate surface area is 191 Å². The van der Waals surface area contributed by atoms with Crippen LogP contribution in [0, 0.1) is 10.1 Å². The highest BCUT2D eigenvalue weighted by Gasteiger charge is 2.27. The topological polar surface area (TPSA) is 154 Å². The van der Waals surface area contributed by atoms with Crippen LogP contribution in [-0.2, 0) is 19.6 Å².